The Morgan fingerprint density at radius 3 is 2.81 bits per heavy atom. The number of thiophene rings is 1. The van der Waals surface area contributed by atoms with Crippen LogP contribution < -0.4 is 5.73 Å². The smallest absolute Gasteiger partial charge is 0.0459 e. The minimum Gasteiger partial charge on any atom is -0.326 e. The maximum Gasteiger partial charge on any atom is 0.0459 e. The van der Waals surface area contributed by atoms with E-state index >= 15 is 0 Å². The van der Waals surface area contributed by atoms with Gasteiger partial charge in [-0.15, -0.1) is 11.8 Å². The summed E-state index contributed by atoms with van der Waals surface area (Å²) < 4.78 is 0. The maximum atomic E-state index is 6.27. The number of nitrogens with two attached hydrogens (primary N) is 1. The molecule has 2 N–H and O–H groups in total. The van der Waals surface area contributed by atoms with Gasteiger partial charge in [-0.05, 0) is 41.7 Å². The van der Waals surface area contributed by atoms with Crippen molar-refractivity contribution >= 4 is 23.1 Å². The van der Waals surface area contributed by atoms with E-state index in [1.54, 1.807) is 11.3 Å². The Hall–Kier alpha value is 0.01000. The molecule has 0 amide bonds. The second-order valence-corrected chi connectivity index (χ2v) is 6.82. The average Bonchev–Trinajstić information content (AvgIpc) is 2.97. The van der Waals surface area contributed by atoms with Crippen LogP contribution in [0.15, 0.2) is 16.8 Å². The molecule has 1 heterocycles. The van der Waals surface area contributed by atoms with E-state index in [-0.39, 0.29) is 0 Å². The van der Waals surface area contributed by atoms with E-state index < -0.39 is 0 Å². The van der Waals surface area contributed by atoms with Gasteiger partial charge in [0.25, 0.3) is 0 Å². The summed E-state index contributed by atoms with van der Waals surface area (Å²) in [5.41, 5.74) is 7.71. The molecule has 1 saturated carbocycles. The quantitative estimate of drug-likeness (QED) is 0.853. The first-order valence-electron chi connectivity index (χ1n) is 6.24. The van der Waals surface area contributed by atoms with Crippen molar-refractivity contribution in [2.45, 2.75) is 55.6 Å². The van der Waals surface area contributed by atoms with Gasteiger partial charge in [0.1, 0.15) is 0 Å². The second kappa shape index (κ2) is 6.08. The van der Waals surface area contributed by atoms with Crippen LogP contribution in [-0.4, -0.2) is 11.3 Å². The van der Waals surface area contributed by atoms with Gasteiger partial charge in [0.2, 0.25) is 0 Å². The van der Waals surface area contributed by atoms with Crippen LogP contribution in [0, 0.1) is 0 Å². The maximum absolute atomic E-state index is 6.27. The molecule has 1 aromatic rings. The Balaban J connectivity index is 2.02. The van der Waals surface area contributed by atoms with Crippen LogP contribution in [0.25, 0.3) is 0 Å². The van der Waals surface area contributed by atoms with Gasteiger partial charge >= 0.3 is 0 Å². The molecule has 0 radical (unpaired) electrons. The van der Waals surface area contributed by atoms with E-state index in [0.29, 0.717) is 11.3 Å². The Morgan fingerprint density at radius 1 is 1.50 bits per heavy atom. The zero-order valence-corrected chi connectivity index (χ0v) is 11.5. The third-order valence-electron chi connectivity index (χ3n) is 3.37. The lowest BCUT2D eigenvalue weighted by molar-refractivity contribution is 0.632. The SMILES string of the molecule is CCC(N)C(SC1CCCC1)c1ccsc1. The number of thioether (sulfide) groups is 1. The summed E-state index contributed by atoms with van der Waals surface area (Å²) in [6.07, 6.45) is 6.68. The average molecular weight is 255 g/mol. The second-order valence-electron chi connectivity index (χ2n) is 4.59. The fourth-order valence-corrected chi connectivity index (χ4v) is 4.81. The number of rotatable bonds is 5. The van der Waals surface area contributed by atoms with Gasteiger partial charge in [0.15, 0.2) is 0 Å². The molecule has 1 aliphatic carbocycles. The molecular weight excluding hydrogens is 234 g/mol. The van der Waals surface area contributed by atoms with Crippen LogP contribution in [0.3, 0.4) is 0 Å². The lowest BCUT2D eigenvalue weighted by Gasteiger charge is -2.24. The third-order valence-corrected chi connectivity index (χ3v) is 5.85. The molecule has 0 aromatic carbocycles. The normalized spacial score (nSPS) is 21.1. The molecule has 16 heavy (non-hydrogen) atoms. The van der Waals surface area contributed by atoms with Gasteiger partial charge < -0.3 is 5.73 Å². The van der Waals surface area contributed by atoms with Crippen molar-refractivity contribution in [3.8, 4) is 0 Å². The zero-order chi connectivity index (χ0) is 11.4. The molecule has 0 bridgehead atoms. The molecule has 1 aliphatic rings. The molecule has 0 saturated heterocycles. The Bertz CT molecular complexity index is 291. The molecule has 1 aromatic heterocycles. The van der Waals surface area contributed by atoms with Gasteiger partial charge in [-0.1, -0.05) is 19.8 Å². The highest BCUT2D eigenvalue weighted by molar-refractivity contribution is 8.00. The third kappa shape index (κ3) is 3.02. The molecular formula is C13H21NS2. The van der Waals surface area contributed by atoms with E-state index in [1.165, 1.54) is 31.2 Å². The standard InChI is InChI=1S/C13H21NS2/c1-2-12(14)13(10-7-8-15-9-10)16-11-5-3-4-6-11/h7-9,11-13H,2-6,14H2,1H3. The summed E-state index contributed by atoms with van der Waals surface area (Å²) in [6.45, 7) is 2.19. The van der Waals surface area contributed by atoms with E-state index in [1.807, 2.05) is 0 Å². The summed E-state index contributed by atoms with van der Waals surface area (Å²) in [7, 11) is 0. The molecule has 0 aliphatic heterocycles. The topological polar surface area (TPSA) is 26.0 Å². The predicted octanol–water partition coefficient (Wildman–Crippen LogP) is 4.20. The van der Waals surface area contributed by atoms with Crippen molar-refractivity contribution in [1.82, 2.24) is 0 Å². The number of hydrogen-bond acceptors (Lipinski definition) is 3. The summed E-state index contributed by atoms with van der Waals surface area (Å²) in [5, 5.41) is 5.80. The first-order chi connectivity index (χ1) is 7.81. The van der Waals surface area contributed by atoms with Crippen molar-refractivity contribution in [1.29, 1.82) is 0 Å². The minimum atomic E-state index is 0.306. The summed E-state index contributed by atoms with van der Waals surface area (Å²) in [5.74, 6) is 0. The summed E-state index contributed by atoms with van der Waals surface area (Å²) in [6, 6.07) is 2.55. The molecule has 90 valence electrons. The van der Waals surface area contributed by atoms with Gasteiger partial charge in [0, 0.05) is 16.5 Å². The van der Waals surface area contributed by atoms with Crippen LogP contribution in [-0.2, 0) is 0 Å². The van der Waals surface area contributed by atoms with E-state index in [9.17, 15) is 0 Å². The Morgan fingerprint density at radius 2 is 2.25 bits per heavy atom. The van der Waals surface area contributed by atoms with Crippen LogP contribution in [0.2, 0.25) is 0 Å². The molecule has 0 spiro atoms. The number of hydrogen-bond donors (Lipinski definition) is 1. The molecule has 2 unspecified atom stereocenters. The summed E-state index contributed by atoms with van der Waals surface area (Å²) in [4.78, 5) is 0. The summed E-state index contributed by atoms with van der Waals surface area (Å²) >= 11 is 3.91. The largest absolute Gasteiger partial charge is 0.326 e. The molecule has 2 rings (SSSR count). The van der Waals surface area contributed by atoms with Crippen LogP contribution in [0.1, 0.15) is 49.8 Å². The monoisotopic (exact) mass is 255 g/mol. The highest BCUT2D eigenvalue weighted by atomic mass is 32.2. The van der Waals surface area contributed by atoms with Gasteiger partial charge in [-0.25, -0.2) is 0 Å². The lowest BCUT2D eigenvalue weighted by atomic mass is 10.1. The van der Waals surface area contributed by atoms with Crippen molar-refractivity contribution in [2.24, 2.45) is 5.73 Å². The van der Waals surface area contributed by atoms with Gasteiger partial charge in [-0.2, -0.15) is 11.3 Å². The van der Waals surface area contributed by atoms with Gasteiger partial charge in [-0.3, -0.25) is 0 Å². The van der Waals surface area contributed by atoms with Crippen molar-refractivity contribution in [2.75, 3.05) is 0 Å². The fraction of sp³-hybridized carbons (Fsp3) is 0.692. The van der Waals surface area contributed by atoms with Crippen molar-refractivity contribution in [3.63, 3.8) is 0 Å². The molecule has 1 fully saturated rings. The molecule has 1 nitrogen and oxygen atoms in total. The van der Waals surface area contributed by atoms with Crippen molar-refractivity contribution < 1.29 is 0 Å². The molecule has 3 heteroatoms. The van der Waals surface area contributed by atoms with E-state index in [0.717, 1.165) is 11.7 Å². The first-order valence-corrected chi connectivity index (χ1v) is 8.13. The molecule has 2 atom stereocenters. The fourth-order valence-electron chi connectivity index (χ4n) is 2.31. The van der Waals surface area contributed by atoms with E-state index in [2.05, 4.69) is 35.5 Å². The van der Waals surface area contributed by atoms with Gasteiger partial charge in [0.05, 0.1) is 0 Å². The van der Waals surface area contributed by atoms with Crippen LogP contribution in [0.4, 0.5) is 0 Å². The van der Waals surface area contributed by atoms with Crippen molar-refractivity contribution in [3.05, 3.63) is 22.4 Å². The first kappa shape index (κ1) is 12.5. The highest BCUT2D eigenvalue weighted by Crippen LogP contribution is 2.41. The zero-order valence-electron chi connectivity index (χ0n) is 9.89. The minimum absolute atomic E-state index is 0.306. The van der Waals surface area contributed by atoms with Crippen LogP contribution in [0.5, 0.6) is 0 Å². The van der Waals surface area contributed by atoms with E-state index in [4.69, 9.17) is 5.73 Å². The Kier molecular flexibility index (Phi) is 4.74. The van der Waals surface area contributed by atoms with Crippen LogP contribution >= 0.6 is 23.1 Å². The lowest BCUT2D eigenvalue weighted by Crippen LogP contribution is -2.26. The Labute approximate surface area is 107 Å². The highest BCUT2D eigenvalue weighted by Gasteiger charge is 2.25. The predicted molar refractivity (Wildman–Crippen MR) is 75.2 cm³/mol.